The van der Waals surface area contributed by atoms with Crippen LogP contribution in [0.3, 0.4) is 0 Å². The van der Waals surface area contributed by atoms with Crippen molar-refractivity contribution in [1.82, 2.24) is 14.9 Å². The fourth-order valence-electron chi connectivity index (χ4n) is 1.03. The molecule has 0 aromatic carbocycles. The topological polar surface area (TPSA) is 66.3 Å². The molecular formula is C10H15N3O2S. The van der Waals surface area contributed by atoms with E-state index < -0.39 is 5.97 Å². The van der Waals surface area contributed by atoms with Gasteiger partial charge < -0.3 is 10.0 Å². The molecule has 0 aliphatic carbocycles. The lowest BCUT2D eigenvalue weighted by molar-refractivity contribution is 0.0689. The predicted octanol–water partition coefficient (Wildman–Crippen LogP) is 1.14. The highest BCUT2D eigenvalue weighted by Gasteiger charge is 2.08. The largest absolute Gasteiger partial charge is 0.477 e. The number of nitrogens with zero attached hydrogens (tertiary/aromatic N) is 3. The first kappa shape index (κ1) is 12.9. The van der Waals surface area contributed by atoms with Gasteiger partial charge in [-0.1, -0.05) is 11.8 Å². The molecule has 0 unspecified atom stereocenters. The van der Waals surface area contributed by atoms with Crippen molar-refractivity contribution in [3.63, 3.8) is 0 Å². The van der Waals surface area contributed by atoms with Crippen LogP contribution < -0.4 is 0 Å². The van der Waals surface area contributed by atoms with Crippen LogP contribution in [0.2, 0.25) is 0 Å². The van der Waals surface area contributed by atoms with Crippen LogP contribution in [0.5, 0.6) is 0 Å². The highest BCUT2D eigenvalue weighted by atomic mass is 32.2. The number of carboxylic acids is 1. The Hall–Kier alpha value is -1.14. The summed E-state index contributed by atoms with van der Waals surface area (Å²) in [5, 5.41) is 9.37. The summed E-state index contributed by atoms with van der Waals surface area (Å²) in [6.45, 7) is 2.68. The van der Waals surface area contributed by atoms with Crippen molar-refractivity contribution < 1.29 is 9.90 Å². The van der Waals surface area contributed by atoms with E-state index in [1.807, 2.05) is 14.1 Å². The van der Waals surface area contributed by atoms with E-state index in [0.717, 1.165) is 12.3 Å². The van der Waals surface area contributed by atoms with Crippen molar-refractivity contribution in [3.8, 4) is 0 Å². The van der Waals surface area contributed by atoms with Crippen molar-refractivity contribution in [2.75, 3.05) is 26.4 Å². The second kappa shape index (κ2) is 5.81. The third-order valence-electron chi connectivity index (χ3n) is 1.82. The zero-order valence-electron chi connectivity index (χ0n) is 9.60. The summed E-state index contributed by atoms with van der Waals surface area (Å²) in [5.74, 6) is -0.171. The van der Waals surface area contributed by atoms with Gasteiger partial charge in [0, 0.05) is 18.0 Å². The predicted molar refractivity (Wildman–Crippen MR) is 63.0 cm³/mol. The highest BCUT2D eigenvalue weighted by Crippen LogP contribution is 2.14. The van der Waals surface area contributed by atoms with E-state index in [0.29, 0.717) is 10.9 Å². The Morgan fingerprint density at radius 1 is 1.50 bits per heavy atom. The molecule has 0 bridgehead atoms. The van der Waals surface area contributed by atoms with E-state index >= 15 is 0 Å². The van der Waals surface area contributed by atoms with Gasteiger partial charge in [0.2, 0.25) is 0 Å². The zero-order chi connectivity index (χ0) is 12.1. The summed E-state index contributed by atoms with van der Waals surface area (Å²) in [7, 11) is 3.97. The summed E-state index contributed by atoms with van der Waals surface area (Å²) in [6, 6.07) is 1.47. The van der Waals surface area contributed by atoms with Gasteiger partial charge >= 0.3 is 5.97 Å². The fourth-order valence-corrected chi connectivity index (χ4v) is 2.05. The van der Waals surface area contributed by atoms with E-state index in [1.165, 1.54) is 17.8 Å². The molecule has 0 fully saturated rings. The van der Waals surface area contributed by atoms with E-state index in [9.17, 15) is 4.79 Å². The normalized spacial score (nSPS) is 10.8. The first-order chi connectivity index (χ1) is 7.49. The van der Waals surface area contributed by atoms with Gasteiger partial charge in [0.1, 0.15) is 0 Å². The van der Waals surface area contributed by atoms with Gasteiger partial charge in [-0.2, -0.15) is 0 Å². The van der Waals surface area contributed by atoms with Crippen LogP contribution in [0.15, 0.2) is 11.2 Å². The number of carboxylic acid groups (broad SMARTS) is 1. The third-order valence-corrected chi connectivity index (χ3v) is 2.65. The quantitative estimate of drug-likeness (QED) is 0.616. The second-order valence-electron chi connectivity index (χ2n) is 3.63. The Balaban J connectivity index is 2.69. The molecule has 1 heterocycles. The van der Waals surface area contributed by atoms with E-state index in [4.69, 9.17) is 5.11 Å². The van der Waals surface area contributed by atoms with E-state index in [1.54, 1.807) is 6.92 Å². The summed E-state index contributed by atoms with van der Waals surface area (Å²) >= 11 is 1.47. The lowest BCUT2D eigenvalue weighted by Crippen LogP contribution is -2.15. The molecular weight excluding hydrogens is 226 g/mol. The average Bonchev–Trinajstić information content (AvgIpc) is 2.16. The van der Waals surface area contributed by atoms with Gasteiger partial charge in [0.25, 0.3) is 0 Å². The number of thioether (sulfide) groups is 1. The highest BCUT2D eigenvalue weighted by molar-refractivity contribution is 7.99. The molecule has 0 radical (unpaired) electrons. The van der Waals surface area contributed by atoms with Crippen LogP contribution in [-0.4, -0.2) is 52.3 Å². The number of aromatic nitrogens is 2. The summed E-state index contributed by atoms with van der Waals surface area (Å²) in [6.07, 6.45) is 0. The molecule has 88 valence electrons. The minimum absolute atomic E-state index is 0.0554. The minimum atomic E-state index is -1.01. The Kier molecular flexibility index (Phi) is 4.70. The molecule has 0 saturated carbocycles. The van der Waals surface area contributed by atoms with Crippen LogP contribution in [-0.2, 0) is 0 Å². The van der Waals surface area contributed by atoms with Gasteiger partial charge in [-0.25, -0.2) is 14.8 Å². The first-order valence-electron chi connectivity index (χ1n) is 4.85. The van der Waals surface area contributed by atoms with Crippen LogP contribution in [0, 0.1) is 6.92 Å². The molecule has 0 aliphatic rings. The van der Waals surface area contributed by atoms with Crippen LogP contribution >= 0.6 is 11.8 Å². The summed E-state index contributed by atoms with van der Waals surface area (Å²) in [5.41, 5.74) is 0.736. The van der Waals surface area contributed by atoms with Crippen LogP contribution in [0.25, 0.3) is 0 Å². The zero-order valence-corrected chi connectivity index (χ0v) is 10.4. The molecule has 0 saturated heterocycles. The van der Waals surface area contributed by atoms with Gasteiger partial charge in [0.05, 0.1) is 0 Å². The van der Waals surface area contributed by atoms with Gasteiger partial charge in [-0.05, 0) is 27.1 Å². The molecule has 6 heteroatoms. The number of aryl methyl sites for hydroxylation is 1. The molecule has 0 aliphatic heterocycles. The molecule has 1 rings (SSSR count). The lowest BCUT2D eigenvalue weighted by Gasteiger charge is -2.08. The molecule has 16 heavy (non-hydrogen) atoms. The fraction of sp³-hybridized carbons (Fsp3) is 0.500. The van der Waals surface area contributed by atoms with Crippen molar-refractivity contribution >= 4 is 17.7 Å². The monoisotopic (exact) mass is 241 g/mol. The standard InChI is InChI=1S/C10H15N3O2S/c1-7-6-8(9(14)15)12-10(11-7)16-5-4-13(2)3/h6H,4-5H2,1-3H3,(H,14,15). The SMILES string of the molecule is Cc1cc(C(=O)O)nc(SCCN(C)C)n1. The Morgan fingerprint density at radius 3 is 2.75 bits per heavy atom. The van der Waals surface area contributed by atoms with Crippen LogP contribution in [0.1, 0.15) is 16.2 Å². The van der Waals surface area contributed by atoms with Crippen molar-refractivity contribution in [2.45, 2.75) is 12.1 Å². The molecule has 0 spiro atoms. The molecule has 0 amide bonds. The van der Waals surface area contributed by atoms with Gasteiger partial charge in [-0.3, -0.25) is 0 Å². The maximum atomic E-state index is 10.8. The Labute approximate surface area is 98.9 Å². The van der Waals surface area contributed by atoms with Crippen molar-refractivity contribution in [3.05, 3.63) is 17.5 Å². The number of rotatable bonds is 5. The summed E-state index contributed by atoms with van der Waals surface area (Å²) in [4.78, 5) is 21.0. The third kappa shape index (κ3) is 4.16. The smallest absolute Gasteiger partial charge is 0.354 e. The van der Waals surface area contributed by atoms with Crippen molar-refractivity contribution in [1.29, 1.82) is 0 Å². The molecule has 1 aromatic heterocycles. The molecule has 1 aromatic rings. The van der Waals surface area contributed by atoms with Crippen molar-refractivity contribution in [2.24, 2.45) is 0 Å². The van der Waals surface area contributed by atoms with E-state index in [-0.39, 0.29) is 5.69 Å². The first-order valence-corrected chi connectivity index (χ1v) is 5.84. The maximum absolute atomic E-state index is 10.8. The molecule has 0 atom stereocenters. The number of hydrogen-bond acceptors (Lipinski definition) is 5. The Bertz CT molecular complexity index is 382. The lowest BCUT2D eigenvalue weighted by atomic mass is 10.3. The molecule has 5 nitrogen and oxygen atoms in total. The van der Waals surface area contributed by atoms with Crippen LogP contribution in [0.4, 0.5) is 0 Å². The van der Waals surface area contributed by atoms with E-state index in [2.05, 4.69) is 14.9 Å². The Morgan fingerprint density at radius 2 is 2.19 bits per heavy atom. The maximum Gasteiger partial charge on any atom is 0.354 e. The minimum Gasteiger partial charge on any atom is -0.477 e. The average molecular weight is 241 g/mol. The number of aromatic carboxylic acids is 1. The summed E-state index contributed by atoms with van der Waals surface area (Å²) < 4.78 is 0. The number of hydrogen-bond donors (Lipinski definition) is 1. The van der Waals surface area contributed by atoms with Gasteiger partial charge in [-0.15, -0.1) is 0 Å². The van der Waals surface area contributed by atoms with Gasteiger partial charge in [0.15, 0.2) is 10.9 Å². The number of carbonyl (C=O) groups is 1. The second-order valence-corrected chi connectivity index (χ2v) is 4.70. The molecule has 1 N–H and O–H groups in total.